The molecule has 0 radical (unpaired) electrons. The second-order valence-corrected chi connectivity index (χ2v) is 5.76. The number of carbonyl (C=O) groups is 1. The van der Waals surface area contributed by atoms with Gasteiger partial charge < -0.3 is 10.6 Å². The van der Waals surface area contributed by atoms with Gasteiger partial charge in [-0.15, -0.1) is 0 Å². The van der Waals surface area contributed by atoms with Gasteiger partial charge >= 0.3 is 0 Å². The van der Waals surface area contributed by atoms with Crippen LogP contribution < -0.4 is 16.2 Å². The molecular weight excluding hydrogens is 256 g/mol. The Morgan fingerprint density at radius 1 is 1.50 bits per heavy atom. The molecule has 0 bridgehead atoms. The van der Waals surface area contributed by atoms with E-state index in [1.807, 2.05) is 0 Å². The van der Waals surface area contributed by atoms with Gasteiger partial charge in [-0.25, -0.2) is 4.68 Å². The highest BCUT2D eigenvalue weighted by Gasteiger charge is 2.21. The minimum Gasteiger partial charge on any atom is -0.383 e. The zero-order valence-corrected chi connectivity index (χ0v) is 12.1. The van der Waals surface area contributed by atoms with Crippen LogP contribution in [0.4, 0.5) is 5.69 Å². The van der Waals surface area contributed by atoms with E-state index in [1.54, 1.807) is 6.20 Å². The van der Waals surface area contributed by atoms with Crippen molar-refractivity contribution in [2.24, 2.45) is 11.8 Å². The third-order valence-corrected chi connectivity index (χ3v) is 3.16. The molecule has 110 valence electrons. The zero-order chi connectivity index (χ0) is 14.5. The number of carbonyl (C=O) groups excluding carboxylic acids is 1. The highest BCUT2D eigenvalue weighted by Crippen LogP contribution is 2.27. The molecule has 1 aromatic rings. The van der Waals surface area contributed by atoms with E-state index in [9.17, 15) is 9.59 Å². The molecule has 0 spiro atoms. The lowest BCUT2D eigenvalue weighted by Crippen LogP contribution is -2.34. The minimum absolute atomic E-state index is 0.0178. The van der Waals surface area contributed by atoms with Crippen molar-refractivity contribution in [2.45, 2.75) is 33.2 Å². The van der Waals surface area contributed by atoms with Crippen molar-refractivity contribution >= 4 is 11.6 Å². The molecule has 1 saturated carbocycles. The summed E-state index contributed by atoms with van der Waals surface area (Å²) in [7, 11) is 0. The molecule has 1 heterocycles. The third kappa shape index (κ3) is 4.68. The van der Waals surface area contributed by atoms with Crippen molar-refractivity contribution in [3.05, 3.63) is 22.6 Å². The first-order valence-corrected chi connectivity index (χ1v) is 7.12. The third-order valence-electron chi connectivity index (χ3n) is 3.16. The van der Waals surface area contributed by atoms with Gasteiger partial charge in [0.2, 0.25) is 5.91 Å². The smallest absolute Gasteiger partial charge is 0.269 e. The van der Waals surface area contributed by atoms with Crippen molar-refractivity contribution in [2.75, 3.05) is 18.4 Å². The predicted molar refractivity (Wildman–Crippen MR) is 77.6 cm³/mol. The predicted octanol–water partition coefficient (Wildman–Crippen LogP) is 0.837. The van der Waals surface area contributed by atoms with Crippen LogP contribution in [0.2, 0.25) is 0 Å². The van der Waals surface area contributed by atoms with E-state index in [0.717, 1.165) is 6.54 Å². The lowest BCUT2D eigenvalue weighted by molar-refractivity contribution is -0.121. The highest BCUT2D eigenvalue weighted by molar-refractivity contribution is 5.75. The average molecular weight is 278 g/mol. The zero-order valence-electron chi connectivity index (χ0n) is 12.1. The van der Waals surface area contributed by atoms with Gasteiger partial charge in [-0.05, 0) is 24.7 Å². The summed E-state index contributed by atoms with van der Waals surface area (Å²) in [5, 5.41) is 9.98. The number of hydrogen-bond acceptors (Lipinski definition) is 4. The largest absolute Gasteiger partial charge is 0.383 e. The molecule has 1 amide bonds. The van der Waals surface area contributed by atoms with E-state index in [1.165, 1.54) is 23.6 Å². The van der Waals surface area contributed by atoms with Crippen LogP contribution in [-0.4, -0.2) is 28.8 Å². The second kappa shape index (κ2) is 6.54. The normalized spacial score (nSPS) is 14.3. The number of nitrogens with one attached hydrogen (secondary N) is 2. The van der Waals surface area contributed by atoms with Crippen LogP contribution >= 0.6 is 0 Å². The van der Waals surface area contributed by atoms with Gasteiger partial charge in [-0.3, -0.25) is 9.59 Å². The Labute approximate surface area is 118 Å². The molecule has 2 rings (SSSR count). The summed E-state index contributed by atoms with van der Waals surface area (Å²) in [6.45, 7) is 5.66. The second-order valence-electron chi connectivity index (χ2n) is 5.76. The monoisotopic (exact) mass is 278 g/mol. The maximum Gasteiger partial charge on any atom is 0.269 e. The summed E-state index contributed by atoms with van der Waals surface area (Å²) in [6.07, 6.45) is 3.96. The van der Waals surface area contributed by atoms with Gasteiger partial charge in [0, 0.05) is 19.2 Å². The number of amides is 1. The SMILES string of the molecule is CC(C)CNc1cnn(CC(=O)NCC2CC2)c(=O)c1. The van der Waals surface area contributed by atoms with E-state index in [2.05, 4.69) is 29.6 Å². The number of aromatic nitrogens is 2. The van der Waals surface area contributed by atoms with Crippen LogP contribution in [0.3, 0.4) is 0 Å². The molecule has 0 saturated heterocycles. The summed E-state index contributed by atoms with van der Waals surface area (Å²) >= 11 is 0. The molecule has 0 unspecified atom stereocenters. The Morgan fingerprint density at radius 3 is 2.85 bits per heavy atom. The standard InChI is InChI=1S/C14H22N4O2/c1-10(2)6-15-12-5-14(20)18(17-8-12)9-13(19)16-7-11-3-4-11/h5,8,10-11,15H,3-4,6-7,9H2,1-2H3,(H,16,19). The topological polar surface area (TPSA) is 76.0 Å². The van der Waals surface area contributed by atoms with E-state index >= 15 is 0 Å². The fourth-order valence-corrected chi connectivity index (χ4v) is 1.74. The fourth-order valence-electron chi connectivity index (χ4n) is 1.74. The average Bonchev–Trinajstić information content (AvgIpc) is 3.21. The molecule has 20 heavy (non-hydrogen) atoms. The van der Waals surface area contributed by atoms with Crippen LogP contribution in [0, 0.1) is 11.8 Å². The molecule has 1 aliphatic carbocycles. The highest BCUT2D eigenvalue weighted by atomic mass is 16.2. The number of rotatable bonds is 7. The number of hydrogen-bond donors (Lipinski definition) is 2. The quantitative estimate of drug-likeness (QED) is 0.775. The molecule has 6 nitrogen and oxygen atoms in total. The Bertz CT molecular complexity index is 520. The molecule has 1 aromatic heterocycles. The van der Waals surface area contributed by atoms with E-state index in [0.29, 0.717) is 24.1 Å². The molecule has 0 aliphatic heterocycles. The Hall–Kier alpha value is -1.85. The summed E-state index contributed by atoms with van der Waals surface area (Å²) < 4.78 is 1.18. The first-order chi connectivity index (χ1) is 9.54. The molecule has 2 N–H and O–H groups in total. The Morgan fingerprint density at radius 2 is 2.25 bits per heavy atom. The summed E-state index contributed by atoms with van der Waals surface area (Å²) in [6, 6.07) is 1.48. The van der Waals surface area contributed by atoms with Crippen molar-refractivity contribution in [1.29, 1.82) is 0 Å². The first kappa shape index (κ1) is 14.6. The minimum atomic E-state index is -0.264. The van der Waals surface area contributed by atoms with Crippen molar-refractivity contribution in [1.82, 2.24) is 15.1 Å². The lowest BCUT2D eigenvalue weighted by Gasteiger charge is -2.10. The number of nitrogens with zero attached hydrogens (tertiary/aromatic N) is 2. The molecular formula is C14H22N4O2. The lowest BCUT2D eigenvalue weighted by atomic mass is 10.2. The van der Waals surface area contributed by atoms with E-state index in [4.69, 9.17) is 0 Å². The molecule has 1 fully saturated rings. The van der Waals surface area contributed by atoms with Crippen molar-refractivity contribution in [3.63, 3.8) is 0 Å². The molecule has 1 aliphatic rings. The first-order valence-electron chi connectivity index (χ1n) is 7.12. The summed E-state index contributed by atoms with van der Waals surface area (Å²) in [5.74, 6) is 0.964. The van der Waals surface area contributed by atoms with Crippen molar-refractivity contribution in [3.8, 4) is 0 Å². The van der Waals surface area contributed by atoms with Crippen LogP contribution in [0.1, 0.15) is 26.7 Å². The van der Waals surface area contributed by atoms with Gasteiger partial charge in [-0.1, -0.05) is 13.8 Å². The Kier molecular flexibility index (Phi) is 4.76. The van der Waals surface area contributed by atoms with E-state index in [-0.39, 0.29) is 18.0 Å². The number of anilines is 1. The van der Waals surface area contributed by atoms with Gasteiger partial charge in [0.15, 0.2) is 0 Å². The van der Waals surface area contributed by atoms with Crippen molar-refractivity contribution < 1.29 is 4.79 Å². The summed E-state index contributed by atoms with van der Waals surface area (Å²) in [5.41, 5.74) is 0.429. The van der Waals surface area contributed by atoms with Gasteiger partial charge in [0.05, 0.1) is 11.9 Å². The molecule has 0 aromatic carbocycles. The van der Waals surface area contributed by atoms with Crippen LogP contribution in [0.15, 0.2) is 17.1 Å². The fraction of sp³-hybridized carbons (Fsp3) is 0.643. The maximum atomic E-state index is 11.9. The van der Waals surface area contributed by atoms with Gasteiger partial charge in [-0.2, -0.15) is 5.10 Å². The molecule has 6 heteroatoms. The van der Waals surface area contributed by atoms with Gasteiger partial charge in [0.1, 0.15) is 6.54 Å². The Balaban J connectivity index is 1.87. The van der Waals surface area contributed by atoms with E-state index < -0.39 is 0 Å². The van der Waals surface area contributed by atoms with Crippen LogP contribution in [0.25, 0.3) is 0 Å². The summed E-state index contributed by atoms with van der Waals surface area (Å²) in [4.78, 5) is 23.5. The van der Waals surface area contributed by atoms with Crippen LogP contribution in [0.5, 0.6) is 0 Å². The maximum absolute atomic E-state index is 11.9. The van der Waals surface area contributed by atoms with Crippen LogP contribution in [-0.2, 0) is 11.3 Å². The van der Waals surface area contributed by atoms with Gasteiger partial charge in [0.25, 0.3) is 5.56 Å². The molecule has 0 atom stereocenters.